The van der Waals surface area contributed by atoms with Gasteiger partial charge in [0.2, 0.25) is 0 Å². The normalized spacial score (nSPS) is 10.9. The van der Waals surface area contributed by atoms with Crippen LogP contribution < -0.4 is 14.2 Å². The first kappa shape index (κ1) is 22.9. The van der Waals surface area contributed by atoms with Crippen LogP contribution >= 0.6 is 11.6 Å². The predicted octanol–water partition coefficient (Wildman–Crippen LogP) is 6.01. The Hall–Kier alpha value is -3.75. The largest absolute Gasteiger partial charge is 0.493 e. The summed E-state index contributed by atoms with van der Waals surface area (Å²) in [5.41, 5.74) is 3.92. The van der Waals surface area contributed by atoms with Gasteiger partial charge in [0.1, 0.15) is 5.75 Å². The van der Waals surface area contributed by atoms with E-state index in [9.17, 15) is 10.1 Å². The minimum atomic E-state index is -0.552. The lowest BCUT2D eigenvalue weighted by molar-refractivity contribution is -0.136. The second kappa shape index (κ2) is 10.5. The average Bonchev–Trinajstić information content (AvgIpc) is 2.79. The van der Waals surface area contributed by atoms with Crippen molar-refractivity contribution in [3.8, 4) is 23.3 Å². The third-order valence-corrected chi connectivity index (χ3v) is 5.11. The number of allylic oxidation sites excluding steroid dienone is 1. The van der Waals surface area contributed by atoms with E-state index < -0.39 is 5.97 Å². The fourth-order valence-corrected chi connectivity index (χ4v) is 3.22. The van der Waals surface area contributed by atoms with E-state index >= 15 is 0 Å². The van der Waals surface area contributed by atoms with E-state index in [4.69, 9.17) is 25.8 Å². The number of carbonyl (C=O) groups excluding carboxylic acids is 1. The van der Waals surface area contributed by atoms with Crippen LogP contribution in [0.15, 0.2) is 60.7 Å². The Morgan fingerprint density at radius 3 is 2.53 bits per heavy atom. The first-order valence-corrected chi connectivity index (χ1v) is 10.2. The number of nitrogens with zero attached hydrogens (tertiary/aromatic N) is 1. The van der Waals surface area contributed by atoms with Gasteiger partial charge in [-0.3, -0.25) is 0 Å². The number of carbonyl (C=O) groups is 1. The molecule has 0 radical (unpaired) electrons. The molecule has 0 aliphatic rings. The molecule has 0 fully saturated rings. The van der Waals surface area contributed by atoms with Crippen LogP contribution in [0, 0.1) is 25.2 Å². The molecule has 6 heteroatoms. The Morgan fingerprint density at radius 2 is 1.81 bits per heavy atom. The molecular formula is C26H22ClNO4. The van der Waals surface area contributed by atoms with Crippen LogP contribution in [-0.2, 0) is 4.79 Å². The van der Waals surface area contributed by atoms with Crippen LogP contribution in [0.4, 0.5) is 0 Å². The number of benzene rings is 3. The van der Waals surface area contributed by atoms with Gasteiger partial charge in [-0.15, -0.1) is 0 Å². The van der Waals surface area contributed by atoms with Gasteiger partial charge in [-0.25, -0.2) is 4.79 Å². The summed E-state index contributed by atoms with van der Waals surface area (Å²) in [4.78, 5) is 12.3. The van der Waals surface area contributed by atoms with Crippen LogP contribution in [0.2, 0.25) is 5.02 Å². The van der Waals surface area contributed by atoms with Crippen LogP contribution in [0.1, 0.15) is 22.3 Å². The van der Waals surface area contributed by atoms with Gasteiger partial charge in [-0.1, -0.05) is 41.9 Å². The number of rotatable bonds is 7. The Labute approximate surface area is 192 Å². The van der Waals surface area contributed by atoms with E-state index in [1.807, 2.05) is 38.1 Å². The second-order valence-electron chi connectivity index (χ2n) is 7.05. The molecule has 32 heavy (non-hydrogen) atoms. The molecule has 0 aliphatic carbocycles. The monoisotopic (exact) mass is 447 g/mol. The van der Waals surface area contributed by atoms with Gasteiger partial charge < -0.3 is 14.2 Å². The molecular weight excluding hydrogens is 426 g/mol. The summed E-state index contributed by atoms with van der Waals surface area (Å²) < 4.78 is 16.4. The van der Waals surface area contributed by atoms with Crippen molar-refractivity contribution in [3.05, 3.63) is 87.9 Å². The molecule has 3 aromatic carbocycles. The molecule has 0 saturated carbocycles. The van der Waals surface area contributed by atoms with E-state index in [2.05, 4.69) is 6.07 Å². The van der Waals surface area contributed by atoms with E-state index in [0.29, 0.717) is 33.2 Å². The molecule has 0 bridgehead atoms. The molecule has 0 unspecified atom stereocenters. The smallest absolute Gasteiger partial charge is 0.349 e. The maximum Gasteiger partial charge on any atom is 0.349 e. The summed E-state index contributed by atoms with van der Waals surface area (Å²) in [6, 6.07) is 19.9. The maximum atomic E-state index is 12.3. The third kappa shape index (κ3) is 5.69. The minimum absolute atomic E-state index is 0.234. The van der Waals surface area contributed by atoms with E-state index in [-0.39, 0.29) is 12.4 Å². The molecule has 0 aromatic heterocycles. The van der Waals surface area contributed by atoms with Crippen molar-refractivity contribution in [2.45, 2.75) is 13.8 Å². The highest BCUT2D eigenvalue weighted by atomic mass is 35.5. The molecule has 0 N–H and O–H groups in total. The lowest BCUT2D eigenvalue weighted by Crippen LogP contribution is -2.18. The number of methoxy groups -OCH3 is 1. The van der Waals surface area contributed by atoms with Gasteiger partial charge in [-0.2, -0.15) is 5.26 Å². The van der Waals surface area contributed by atoms with Gasteiger partial charge in [-0.05, 0) is 72.5 Å². The Kier molecular flexibility index (Phi) is 7.54. The zero-order valence-corrected chi connectivity index (χ0v) is 18.8. The van der Waals surface area contributed by atoms with Crippen molar-refractivity contribution < 1.29 is 19.0 Å². The van der Waals surface area contributed by atoms with Crippen molar-refractivity contribution in [1.82, 2.24) is 0 Å². The molecule has 162 valence electrons. The lowest BCUT2D eigenvalue weighted by Gasteiger charge is -2.12. The Bertz CT molecular complexity index is 1210. The van der Waals surface area contributed by atoms with Gasteiger partial charge in [0.05, 0.1) is 18.8 Å². The van der Waals surface area contributed by atoms with E-state index in [1.165, 1.54) is 7.11 Å². The second-order valence-corrected chi connectivity index (χ2v) is 7.49. The molecule has 5 nitrogen and oxygen atoms in total. The topological polar surface area (TPSA) is 68.5 Å². The molecule has 3 rings (SSSR count). The van der Waals surface area contributed by atoms with Crippen LogP contribution in [0.25, 0.3) is 11.6 Å². The maximum absolute atomic E-state index is 12.3. The summed E-state index contributed by atoms with van der Waals surface area (Å²) in [6.07, 6.45) is 1.71. The highest BCUT2D eigenvalue weighted by molar-refractivity contribution is 6.30. The SMILES string of the molecule is COc1cc(/C=C(/C#N)c2cccc(Cl)c2)ccc1OC(=O)COc1cccc(C)c1C. The van der Waals surface area contributed by atoms with Gasteiger partial charge in [0.25, 0.3) is 0 Å². The van der Waals surface area contributed by atoms with Crippen LogP contribution in [0.3, 0.4) is 0 Å². The predicted molar refractivity (Wildman–Crippen MR) is 125 cm³/mol. The Morgan fingerprint density at radius 1 is 1.03 bits per heavy atom. The van der Waals surface area contributed by atoms with Gasteiger partial charge >= 0.3 is 5.97 Å². The van der Waals surface area contributed by atoms with E-state index in [0.717, 1.165) is 11.1 Å². The first-order chi connectivity index (χ1) is 15.4. The van der Waals surface area contributed by atoms with Crippen LogP contribution in [-0.4, -0.2) is 19.7 Å². The standard InChI is InChI=1S/C26H22ClNO4/c1-17-6-4-9-23(18(17)2)31-16-26(29)32-24-11-10-19(13-25(24)30-3)12-21(15-28)20-7-5-8-22(27)14-20/h4-14H,16H2,1-3H3/b21-12-. The van der Waals surface area contributed by atoms with Gasteiger partial charge in [0, 0.05) is 5.02 Å². The molecule has 0 heterocycles. The van der Waals surface area contributed by atoms with Crippen molar-refractivity contribution in [2.75, 3.05) is 13.7 Å². The highest BCUT2D eigenvalue weighted by Crippen LogP contribution is 2.30. The molecule has 0 atom stereocenters. The number of nitriles is 1. The minimum Gasteiger partial charge on any atom is -0.493 e. The first-order valence-electron chi connectivity index (χ1n) is 9.86. The highest BCUT2D eigenvalue weighted by Gasteiger charge is 2.13. The van der Waals surface area contributed by atoms with Crippen molar-refractivity contribution >= 4 is 29.2 Å². The van der Waals surface area contributed by atoms with Crippen molar-refractivity contribution in [1.29, 1.82) is 5.26 Å². The van der Waals surface area contributed by atoms with Crippen molar-refractivity contribution in [2.24, 2.45) is 0 Å². The van der Waals surface area contributed by atoms with Crippen LogP contribution in [0.5, 0.6) is 17.2 Å². The molecule has 0 spiro atoms. The van der Waals surface area contributed by atoms with Crippen molar-refractivity contribution in [3.63, 3.8) is 0 Å². The van der Waals surface area contributed by atoms with Gasteiger partial charge in [0.15, 0.2) is 18.1 Å². The fraction of sp³-hybridized carbons (Fsp3) is 0.154. The summed E-state index contributed by atoms with van der Waals surface area (Å²) in [6.45, 7) is 3.68. The molecule has 0 amide bonds. The summed E-state index contributed by atoms with van der Waals surface area (Å²) in [7, 11) is 1.48. The zero-order valence-electron chi connectivity index (χ0n) is 18.0. The molecule has 0 aliphatic heterocycles. The number of aryl methyl sites for hydroxylation is 1. The fourth-order valence-electron chi connectivity index (χ4n) is 3.03. The summed E-state index contributed by atoms with van der Waals surface area (Å²) in [5, 5.41) is 10.1. The molecule has 3 aromatic rings. The average molecular weight is 448 g/mol. The quantitative estimate of drug-likeness (QED) is 0.192. The zero-order chi connectivity index (χ0) is 23.1. The summed E-state index contributed by atoms with van der Waals surface area (Å²) in [5.74, 6) is 0.714. The number of hydrogen-bond acceptors (Lipinski definition) is 5. The third-order valence-electron chi connectivity index (χ3n) is 4.88. The summed E-state index contributed by atoms with van der Waals surface area (Å²) >= 11 is 6.03. The number of esters is 1. The van der Waals surface area contributed by atoms with E-state index in [1.54, 1.807) is 42.5 Å². The number of halogens is 1. The number of hydrogen-bond donors (Lipinski definition) is 0. The lowest BCUT2D eigenvalue weighted by atomic mass is 10.0. The number of ether oxygens (including phenoxy) is 3. The molecule has 0 saturated heterocycles. The Balaban J connectivity index is 1.74.